The molecule has 4 heterocycles. The van der Waals surface area contributed by atoms with Crippen LogP contribution in [0.1, 0.15) is 35.1 Å². The Hall–Kier alpha value is -0.110. The number of aryl methyl sites for hydroxylation is 1. The van der Waals surface area contributed by atoms with E-state index in [9.17, 15) is 0 Å². The van der Waals surface area contributed by atoms with Crippen molar-refractivity contribution in [2.24, 2.45) is 5.92 Å². The van der Waals surface area contributed by atoms with Crippen LogP contribution in [0.4, 0.5) is 0 Å². The second kappa shape index (κ2) is 7.87. The maximum absolute atomic E-state index is 8.90. The van der Waals surface area contributed by atoms with Gasteiger partial charge < -0.3 is 14.7 Å². The molecule has 0 radical (unpaired) electrons. The van der Waals surface area contributed by atoms with Gasteiger partial charge in [0, 0.05) is 54.7 Å². The van der Waals surface area contributed by atoms with Gasteiger partial charge in [0.1, 0.15) is 0 Å². The first-order chi connectivity index (χ1) is 12.2. The largest absolute Gasteiger partial charge is 0.395 e. The molecule has 0 unspecified atom stereocenters. The van der Waals surface area contributed by atoms with Crippen molar-refractivity contribution in [2.45, 2.75) is 38.2 Å². The lowest BCUT2D eigenvalue weighted by Gasteiger charge is -2.46. The Morgan fingerprint density at radius 1 is 1.36 bits per heavy atom. The molecule has 1 spiro atoms. The number of hydrogen-bond donors (Lipinski definition) is 1. The third kappa shape index (κ3) is 3.80. The summed E-state index contributed by atoms with van der Waals surface area (Å²) in [4.78, 5) is 5.76. The number of hydrogen-bond acceptors (Lipinski definition) is 6. The number of fused-ring (bicyclic) bond motifs is 2. The molecule has 2 saturated heterocycles. The Labute approximate surface area is 159 Å². The molecule has 1 aromatic rings. The summed E-state index contributed by atoms with van der Waals surface area (Å²) < 4.78 is 8.78. The van der Waals surface area contributed by atoms with Gasteiger partial charge in [-0.05, 0) is 36.8 Å². The van der Waals surface area contributed by atoms with E-state index < -0.39 is 0 Å². The van der Waals surface area contributed by atoms with Crippen molar-refractivity contribution in [2.75, 3.05) is 51.7 Å². The number of rotatable bonds is 6. The molecule has 1 N–H and O–H groups in total. The van der Waals surface area contributed by atoms with Gasteiger partial charge in [-0.15, -0.1) is 11.3 Å². The maximum Gasteiger partial charge on any atom is 0.0966 e. The summed E-state index contributed by atoms with van der Waals surface area (Å²) in [6.07, 6.45) is 4.55. The number of nitrogens with zero attached hydrogens (tertiary/aromatic N) is 2. The first kappa shape index (κ1) is 18.3. The van der Waals surface area contributed by atoms with Crippen molar-refractivity contribution in [1.82, 2.24) is 9.21 Å². The molecule has 2 fully saturated rings. The minimum atomic E-state index is 0.0105. The van der Waals surface area contributed by atoms with Crippen LogP contribution in [0.5, 0.6) is 0 Å². The molecule has 1 aromatic heterocycles. The number of thiophene rings is 1. The Balaban J connectivity index is 1.30. The van der Waals surface area contributed by atoms with Crippen LogP contribution in [0.3, 0.4) is 0 Å². The van der Waals surface area contributed by atoms with E-state index in [1.54, 1.807) is 16.8 Å². The molecule has 0 aliphatic carbocycles. The van der Waals surface area contributed by atoms with Crippen molar-refractivity contribution >= 4 is 23.3 Å². The zero-order valence-electron chi connectivity index (χ0n) is 15.2. The molecule has 25 heavy (non-hydrogen) atoms. The van der Waals surface area contributed by atoms with E-state index in [1.165, 1.54) is 30.1 Å². The predicted octanol–water partition coefficient (Wildman–Crippen LogP) is 2.75. The smallest absolute Gasteiger partial charge is 0.0966 e. The SMILES string of the molecule is CCc1cc2c(s1)CCOC21CCN(CC2CN(SCCO)C2)CC1. The lowest BCUT2D eigenvalue weighted by molar-refractivity contribution is -0.0995. The molecule has 4 nitrogen and oxygen atoms in total. The van der Waals surface area contributed by atoms with E-state index in [0.717, 1.165) is 57.1 Å². The Morgan fingerprint density at radius 2 is 2.16 bits per heavy atom. The molecular formula is C19H30N2O2S2. The summed E-state index contributed by atoms with van der Waals surface area (Å²) in [5, 5.41) is 8.90. The van der Waals surface area contributed by atoms with Gasteiger partial charge in [0.2, 0.25) is 0 Å². The summed E-state index contributed by atoms with van der Waals surface area (Å²) in [6.45, 7) is 9.35. The zero-order valence-corrected chi connectivity index (χ0v) is 16.8. The number of likely N-dealkylation sites (tertiary alicyclic amines) is 1. The van der Waals surface area contributed by atoms with Gasteiger partial charge >= 0.3 is 0 Å². The molecule has 0 amide bonds. The molecule has 0 saturated carbocycles. The van der Waals surface area contributed by atoms with Crippen molar-refractivity contribution in [3.63, 3.8) is 0 Å². The summed E-state index contributed by atoms with van der Waals surface area (Å²) >= 11 is 3.80. The fourth-order valence-electron chi connectivity index (χ4n) is 4.44. The van der Waals surface area contributed by atoms with Crippen molar-refractivity contribution in [3.05, 3.63) is 21.4 Å². The van der Waals surface area contributed by atoms with Gasteiger partial charge in [-0.3, -0.25) is 0 Å². The summed E-state index contributed by atoms with van der Waals surface area (Å²) in [6, 6.07) is 2.44. The number of piperidine rings is 1. The topological polar surface area (TPSA) is 35.9 Å². The van der Waals surface area contributed by atoms with E-state index in [-0.39, 0.29) is 12.2 Å². The summed E-state index contributed by atoms with van der Waals surface area (Å²) in [5.41, 5.74) is 1.53. The summed E-state index contributed by atoms with van der Waals surface area (Å²) in [7, 11) is 0. The Morgan fingerprint density at radius 3 is 2.88 bits per heavy atom. The van der Waals surface area contributed by atoms with E-state index in [2.05, 4.69) is 22.2 Å². The lowest BCUT2D eigenvalue weighted by Crippen LogP contribution is -2.52. The van der Waals surface area contributed by atoms with Gasteiger partial charge in [0.15, 0.2) is 0 Å². The van der Waals surface area contributed by atoms with Crippen molar-refractivity contribution < 1.29 is 9.84 Å². The molecule has 0 atom stereocenters. The lowest BCUT2D eigenvalue weighted by atomic mass is 9.82. The third-order valence-corrected chi connectivity index (χ3v) is 8.24. The van der Waals surface area contributed by atoms with E-state index >= 15 is 0 Å². The van der Waals surface area contributed by atoms with E-state index in [0.29, 0.717) is 0 Å². The Bertz CT molecular complexity index is 578. The normalized spacial score (nSPS) is 24.4. The average molecular weight is 383 g/mol. The van der Waals surface area contributed by atoms with Crippen LogP contribution < -0.4 is 0 Å². The molecule has 6 heteroatoms. The Kier molecular flexibility index (Phi) is 5.75. The molecular weight excluding hydrogens is 352 g/mol. The summed E-state index contributed by atoms with van der Waals surface area (Å²) in [5.74, 6) is 1.63. The highest BCUT2D eigenvalue weighted by Crippen LogP contribution is 2.44. The van der Waals surface area contributed by atoms with Crippen LogP contribution in [-0.4, -0.2) is 66.0 Å². The highest BCUT2D eigenvalue weighted by Gasteiger charge is 2.42. The molecule has 0 aromatic carbocycles. The van der Waals surface area contributed by atoms with Gasteiger partial charge in [-0.2, -0.15) is 0 Å². The first-order valence-corrected chi connectivity index (χ1v) is 11.5. The average Bonchev–Trinajstić information content (AvgIpc) is 3.04. The van der Waals surface area contributed by atoms with Crippen molar-refractivity contribution in [1.29, 1.82) is 0 Å². The highest BCUT2D eigenvalue weighted by atomic mass is 32.2. The standard InChI is InChI=1S/C19H30N2O2S2/c1-2-16-11-17-18(25-16)3-9-23-19(17)4-6-20(7-5-19)12-15-13-21(14-15)24-10-8-22/h11,15,22H,2-10,12-14H2,1H3. The van der Waals surface area contributed by atoms with Gasteiger partial charge in [-0.25, -0.2) is 4.31 Å². The third-order valence-electron chi connectivity index (χ3n) is 5.88. The van der Waals surface area contributed by atoms with Crippen molar-refractivity contribution in [3.8, 4) is 0 Å². The quantitative estimate of drug-likeness (QED) is 0.766. The van der Waals surface area contributed by atoms with Gasteiger partial charge in [0.05, 0.1) is 18.8 Å². The molecule has 3 aliphatic rings. The minimum Gasteiger partial charge on any atom is -0.395 e. The fourth-order valence-corrected chi connectivity index (χ4v) is 6.59. The maximum atomic E-state index is 8.90. The van der Waals surface area contributed by atoms with Crippen LogP contribution in [0.25, 0.3) is 0 Å². The van der Waals surface area contributed by atoms with Gasteiger partial charge in [-0.1, -0.05) is 18.9 Å². The molecule has 0 bridgehead atoms. The minimum absolute atomic E-state index is 0.0105. The van der Waals surface area contributed by atoms with Crippen LogP contribution in [-0.2, 0) is 23.2 Å². The van der Waals surface area contributed by atoms with Crippen LogP contribution >= 0.6 is 23.3 Å². The second-order valence-corrected chi connectivity index (χ2v) is 9.97. The predicted molar refractivity (Wildman–Crippen MR) is 105 cm³/mol. The molecule has 3 aliphatic heterocycles. The van der Waals surface area contributed by atoms with E-state index in [1.807, 2.05) is 11.3 Å². The van der Waals surface area contributed by atoms with E-state index in [4.69, 9.17) is 9.84 Å². The zero-order chi connectivity index (χ0) is 17.3. The number of aliphatic hydroxyl groups is 1. The second-order valence-electron chi connectivity index (χ2n) is 7.57. The van der Waals surface area contributed by atoms with Crippen LogP contribution in [0.2, 0.25) is 0 Å². The monoisotopic (exact) mass is 382 g/mol. The molecule has 140 valence electrons. The van der Waals surface area contributed by atoms with Crippen LogP contribution in [0, 0.1) is 5.92 Å². The first-order valence-electron chi connectivity index (χ1n) is 9.69. The molecule has 4 rings (SSSR count). The fraction of sp³-hybridized carbons (Fsp3) is 0.789. The number of ether oxygens (including phenoxy) is 1. The van der Waals surface area contributed by atoms with Gasteiger partial charge in [0.25, 0.3) is 0 Å². The highest BCUT2D eigenvalue weighted by molar-refractivity contribution is 7.97. The van der Waals surface area contributed by atoms with Crippen LogP contribution in [0.15, 0.2) is 6.07 Å². The number of aliphatic hydroxyl groups excluding tert-OH is 1.